The lowest BCUT2D eigenvalue weighted by Gasteiger charge is -2.21. The third-order valence-electron chi connectivity index (χ3n) is 4.12. The molecule has 0 fully saturated rings. The van der Waals surface area contributed by atoms with Crippen molar-refractivity contribution in [1.82, 2.24) is 4.90 Å². The molecule has 134 valence electrons. The highest BCUT2D eigenvalue weighted by molar-refractivity contribution is 5.98. The highest BCUT2D eigenvalue weighted by Gasteiger charge is 2.16. The number of ether oxygens (including phenoxy) is 1. The lowest BCUT2D eigenvalue weighted by molar-refractivity contribution is -0.129. The largest absolute Gasteiger partial charge is 0.494 e. The average Bonchev–Trinajstić information content (AvgIpc) is 2.56. The summed E-state index contributed by atoms with van der Waals surface area (Å²) in [7, 11) is 3.06. The molecule has 24 heavy (non-hydrogen) atoms. The second-order valence-corrected chi connectivity index (χ2v) is 6.28. The Labute approximate surface area is 143 Å². The van der Waals surface area contributed by atoms with Gasteiger partial charge in [-0.3, -0.25) is 9.59 Å². The van der Waals surface area contributed by atoms with Crippen LogP contribution in [0.3, 0.4) is 0 Å². The van der Waals surface area contributed by atoms with E-state index in [0.29, 0.717) is 12.5 Å². The van der Waals surface area contributed by atoms with Crippen LogP contribution in [0.5, 0.6) is 5.75 Å². The van der Waals surface area contributed by atoms with Gasteiger partial charge in [0.2, 0.25) is 5.91 Å². The molecular weight excluding hydrogens is 311 g/mol. The minimum Gasteiger partial charge on any atom is -0.494 e. The van der Waals surface area contributed by atoms with Crippen LogP contribution in [0.25, 0.3) is 0 Å². The molecule has 2 N–H and O–H groups in total. The quantitative estimate of drug-likeness (QED) is 0.703. The summed E-state index contributed by atoms with van der Waals surface area (Å²) in [6.07, 6.45) is 0.864. The van der Waals surface area contributed by atoms with Gasteiger partial charge in [-0.1, -0.05) is 13.8 Å². The van der Waals surface area contributed by atoms with E-state index >= 15 is 0 Å². The summed E-state index contributed by atoms with van der Waals surface area (Å²) < 4.78 is 18.4. The van der Waals surface area contributed by atoms with Gasteiger partial charge in [0.1, 0.15) is 0 Å². The summed E-state index contributed by atoms with van der Waals surface area (Å²) in [5.74, 6) is -0.524. The Balaban J connectivity index is 2.48. The number of methoxy groups -OCH3 is 1. The molecule has 1 aromatic carbocycles. The number of hydrogen-bond donors (Lipinski definition) is 1. The smallest absolute Gasteiger partial charge is 0.222 e. The van der Waals surface area contributed by atoms with E-state index in [-0.39, 0.29) is 41.9 Å². The van der Waals surface area contributed by atoms with Crippen LogP contribution in [0.4, 0.5) is 4.39 Å². The number of carbonyl (C=O) groups excluding carboxylic acids is 2. The molecule has 0 aliphatic rings. The lowest BCUT2D eigenvalue weighted by Crippen LogP contribution is -2.34. The van der Waals surface area contributed by atoms with Crippen LogP contribution < -0.4 is 10.5 Å². The van der Waals surface area contributed by atoms with Crippen LogP contribution >= 0.6 is 0 Å². The van der Waals surface area contributed by atoms with E-state index in [1.165, 1.54) is 19.2 Å². The summed E-state index contributed by atoms with van der Waals surface area (Å²) in [5.41, 5.74) is 6.20. The van der Waals surface area contributed by atoms with Crippen molar-refractivity contribution in [3.8, 4) is 5.75 Å². The first-order valence-corrected chi connectivity index (χ1v) is 8.12. The highest BCUT2D eigenvalue weighted by atomic mass is 19.1. The maximum Gasteiger partial charge on any atom is 0.222 e. The zero-order chi connectivity index (χ0) is 18.3. The first-order chi connectivity index (χ1) is 11.3. The Morgan fingerprint density at radius 3 is 2.50 bits per heavy atom. The number of hydrogen-bond acceptors (Lipinski definition) is 4. The van der Waals surface area contributed by atoms with Crippen LogP contribution in [0.15, 0.2) is 18.2 Å². The number of carbonyl (C=O) groups is 2. The molecule has 0 saturated heterocycles. The minimum atomic E-state index is -0.588. The predicted octanol–water partition coefficient (Wildman–Crippen LogP) is 2.63. The Kier molecular flexibility index (Phi) is 7.85. The molecule has 1 atom stereocenters. The van der Waals surface area contributed by atoms with Crippen LogP contribution in [0, 0.1) is 11.7 Å². The first-order valence-electron chi connectivity index (χ1n) is 8.12. The fraction of sp³-hybridized carbons (Fsp3) is 0.556. The molecule has 5 nitrogen and oxygen atoms in total. The topological polar surface area (TPSA) is 72.6 Å². The number of nitrogens with two attached hydrogens (primary N) is 1. The van der Waals surface area contributed by atoms with Gasteiger partial charge in [-0.15, -0.1) is 0 Å². The molecule has 0 bridgehead atoms. The molecule has 0 heterocycles. The van der Waals surface area contributed by atoms with Crippen molar-refractivity contribution in [2.75, 3.05) is 20.7 Å². The van der Waals surface area contributed by atoms with Crippen LogP contribution in [-0.4, -0.2) is 43.3 Å². The van der Waals surface area contributed by atoms with E-state index in [4.69, 9.17) is 10.5 Å². The van der Waals surface area contributed by atoms with E-state index in [1.807, 2.05) is 13.8 Å². The number of nitrogens with zero attached hydrogens (tertiary/aromatic N) is 1. The van der Waals surface area contributed by atoms with Gasteiger partial charge in [0.15, 0.2) is 17.3 Å². The number of benzene rings is 1. The molecule has 0 aliphatic carbocycles. The zero-order valence-electron chi connectivity index (χ0n) is 14.8. The zero-order valence-corrected chi connectivity index (χ0v) is 14.8. The van der Waals surface area contributed by atoms with Gasteiger partial charge in [-0.05, 0) is 30.5 Å². The molecule has 1 aromatic rings. The van der Waals surface area contributed by atoms with E-state index in [2.05, 4.69) is 0 Å². The normalized spacial score (nSPS) is 12.1. The molecule has 6 heteroatoms. The van der Waals surface area contributed by atoms with Crippen molar-refractivity contribution in [3.05, 3.63) is 29.6 Å². The Morgan fingerprint density at radius 2 is 1.96 bits per heavy atom. The summed E-state index contributed by atoms with van der Waals surface area (Å²) in [6.45, 7) is 4.64. The number of halogens is 1. The maximum absolute atomic E-state index is 13.6. The summed E-state index contributed by atoms with van der Waals surface area (Å²) in [6, 6.07) is 4.09. The SMILES string of the molecule is COc1ccc(C(=O)CCC(=O)N(C)CCC(N)C(C)C)cc1F. The van der Waals surface area contributed by atoms with Gasteiger partial charge in [-0.2, -0.15) is 0 Å². The third kappa shape index (κ3) is 5.92. The van der Waals surface area contributed by atoms with Crippen molar-refractivity contribution in [2.45, 2.75) is 39.2 Å². The molecule has 1 amide bonds. The summed E-state index contributed by atoms with van der Waals surface area (Å²) >= 11 is 0. The standard InChI is InChI=1S/C18H27FN2O3/c1-12(2)15(20)9-10-21(3)18(23)8-6-16(22)13-5-7-17(24-4)14(19)11-13/h5,7,11-12,15H,6,8-10,20H2,1-4H3. The fourth-order valence-corrected chi connectivity index (χ4v) is 2.20. The fourth-order valence-electron chi connectivity index (χ4n) is 2.20. The average molecular weight is 338 g/mol. The molecule has 0 spiro atoms. The highest BCUT2D eigenvalue weighted by Crippen LogP contribution is 2.19. The van der Waals surface area contributed by atoms with Gasteiger partial charge in [0.25, 0.3) is 0 Å². The van der Waals surface area contributed by atoms with Gasteiger partial charge in [-0.25, -0.2) is 4.39 Å². The summed E-state index contributed by atoms with van der Waals surface area (Å²) in [5, 5.41) is 0. The predicted molar refractivity (Wildman–Crippen MR) is 91.6 cm³/mol. The minimum absolute atomic E-state index is 0.0455. The molecular formula is C18H27FN2O3. The maximum atomic E-state index is 13.6. The van der Waals surface area contributed by atoms with Gasteiger partial charge < -0.3 is 15.4 Å². The molecule has 0 aliphatic heterocycles. The lowest BCUT2D eigenvalue weighted by atomic mass is 10.0. The number of rotatable bonds is 9. The Hall–Kier alpha value is -1.95. The molecule has 1 unspecified atom stereocenters. The monoisotopic (exact) mass is 338 g/mol. The molecule has 0 radical (unpaired) electrons. The third-order valence-corrected chi connectivity index (χ3v) is 4.12. The van der Waals surface area contributed by atoms with Crippen molar-refractivity contribution in [2.24, 2.45) is 11.7 Å². The van der Waals surface area contributed by atoms with Gasteiger partial charge in [0, 0.05) is 38.0 Å². The number of ketones is 1. The van der Waals surface area contributed by atoms with E-state index < -0.39 is 5.82 Å². The number of amides is 1. The molecule has 0 aromatic heterocycles. The second kappa shape index (κ2) is 9.37. The second-order valence-electron chi connectivity index (χ2n) is 6.28. The molecule has 1 rings (SSSR count). The van der Waals surface area contributed by atoms with Gasteiger partial charge in [0.05, 0.1) is 7.11 Å². The van der Waals surface area contributed by atoms with E-state index in [1.54, 1.807) is 11.9 Å². The van der Waals surface area contributed by atoms with Gasteiger partial charge >= 0.3 is 0 Å². The Morgan fingerprint density at radius 1 is 1.29 bits per heavy atom. The van der Waals surface area contributed by atoms with Crippen molar-refractivity contribution < 1.29 is 18.7 Å². The van der Waals surface area contributed by atoms with Crippen LogP contribution in [0.1, 0.15) is 43.5 Å². The van der Waals surface area contributed by atoms with Crippen molar-refractivity contribution in [1.29, 1.82) is 0 Å². The molecule has 0 saturated carbocycles. The summed E-state index contributed by atoms with van der Waals surface area (Å²) in [4.78, 5) is 25.7. The first kappa shape index (κ1) is 20.1. The van der Waals surface area contributed by atoms with Crippen molar-refractivity contribution in [3.63, 3.8) is 0 Å². The number of Topliss-reactive ketones (excluding diaryl/α,β-unsaturated/α-hetero) is 1. The van der Waals surface area contributed by atoms with Crippen LogP contribution in [0.2, 0.25) is 0 Å². The van der Waals surface area contributed by atoms with Crippen LogP contribution in [-0.2, 0) is 4.79 Å². The van der Waals surface area contributed by atoms with E-state index in [9.17, 15) is 14.0 Å². The van der Waals surface area contributed by atoms with E-state index in [0.717, 1.165) is 12.5 Å². The Bertz CT molecular complexity index is 575. The van der Waals surface area contributed by atoms with Crippen molar-refractivity contribution >= 4 is 11.7 Å².